The Labute approximate surface area is 69.3 Å². The summed E-state index contributed by atoms with van der Waals surface area (Å²) >= 11 is 0. The monoisotopic (exact) mass is 171 g/mol. The van der Waals surface area contributed by atoms with E-state index in [1.165, 1.54) is 4.68 Å². The lowest BCUT2D eigenvalue weighted by Gasteiger charge is -2.33. The van der Waals surface area contributed by atoms with Crippen molar-refractivity contribution in [1.29, 1.82) is 0 Å². The normalized spacial score (nSPS) is 20.5. The van der Waals surface area contributed by atoms with Gasteiger partial charge in [-0.3, -0.25) is 0 Å². The molecule has 0 N–H and O–H groups in total. The number of nitrogens with zero attached hydrogens (tertiary/aromatic N) is 3. The average molecular weight is 171 g/mol. The fourth-order valence-corrected chi connectivity index (χ4v) is 1.18. The zero-order valence-corrected chi connectivity index (χ0v) is 6.83. The summed E-state index contributed by atoms with van der Waals surface area (Å²) in [7, 11) is 0. The Morgan fingerprint density at radius 3 is 2.92 bits per heavy atom. The standard InChI is InChI=1S/C7H10FN3O/c1-6-2-11(10-9-6)3-7(8)4-12-5-7/h2H,3-5H2,1H3. The van der Waals surface area contributed by atoms with E-state index >= 15 is 0 Å². The lowest BCUT2D eigenvalue weighted by atomic mass is 10.1. The molecule has 0 atom stereocenters. The van der Waals surface area contributed by atoms with E-state index in [0.717, 1.165) is 5.69 Å². The van der Waals surface area contributed by atoms with E-state index in [4.69, 9.17) is 4.74 Å². The van der Waals surface area contributed by atoms with Crippen LogP contribution in [0.4, 0.5) is 4.39 Å². The van der Waals surface area contributed by atoms with Crippen LogP contribution in [-0.4, -0.2) is 33.9 Å². The molecule has 1 aromatic heterocycles. The molecule has 1 saturated heterocycles. The third-order valence-corrected chi connectivity index (χ3v) is 1.82. The van der Waals surface area contributed by atoms with Gasteiger partial charge in [0.25, 0.3) is 0 Å². The maximum Gasteiger partial charge on any atom is 0.176 e. The van der Waals surface area contributed by atoms with Crippen LogP contribution in [0.1, 0.15) is 5.69 Å². The number of halogens is 1. The molecule has 12 heavy (non-hydrogen) atoms. The molecular weight excluding hydrogens is 161 g/mol. The van der Waals surface area contributed by atoms with E-state index in [9.17, 15) is 4.39 Å². The van der Waals surface area contributed by atoms with Crippen LogP contribution >= 0.6 is 0 Å². The van der Waals surface area contributed by atoms with Crippen molar-refractivity contribution in [2.45, 2.75) is 19.1 Å². The summed E-state index contributed by atoms with van der Waals surface area (Å²) in [6.07, 6.45) is 1.72. The van der Waals surface area contributed by atoms with Crippen molar-refractivity contribution in [1.82, 2.24) is 15.0 Å². The SMILES string of the molecule is Cc1cn(CC2(F)COC2)nn1. The van der Waals surface area contributed by atoms with Gasteiger partial charge in [-0.1, -0.05) is 5.21 Å². The number of hydrogen-bond acceptors (Lipinski definition) is 3. The number of aryl methyl sites for hydroxylation is 1. The minimum Gasteiger partial charge on any atom is -0.374 e. The van der Waals surface area contributed by atoms with Gasteiger partial charge >= 0.3 is 0 Å². The van der Waals surface area contributed by atoms with Gasteiger partial charge in [0.15, 0.2) is 5.67 Å². The number of ether oxygens (including phenoxy) is 1. The molecular formula is C7H10FN3O. The molecule has 0 amide bonds. The van der Waals surface area contributed by atoms with Gasteiger partial charge < -0.3 is 4.74 Å². The molecule has 1 aliphatic rings. The number of alkyl halides is 1. The Bertz CT molecular complexity index is 282. The maximum atomic E-state index is 13.4. The van der Waals surface area contributed by atoms with Crippen molar-refractivity contribution in [3.8, 4) is 0 Å². The first-order chi connectivity index (χ1) is 5.68. The van der Waals surface area contributed by atoms with Crippen LogP contribution in [0.25, 0.3) is 0 Å². The van der Waals surface area contributed by atoms with Gasteiger partial charge in [0.05, 0.1) is 25.5 Å². The largest absolute Gasteiger partial charge is 0.374 e. The second kappa shape index (κ2) is 2.52. The second-order valence-electron chi connectivity index (χ2n) is 3.20. The molecule has 0 bridgehead atoms. The van der Waals surface area contributed by atoms with Gasteiger partial charge in [-0.05, 0) is 6.92 Å². The first-order valence-electron chi connectivity index (χ1n) is 3.81. The third-order valence-electron chi connectivity index (χ3n) is 1.82. The summed E-state index contributed by atoms with van der Waals surface area (Å²) < 4.78 is 19.7. The maximum absolute atomic E-state index is 13.4. The lowest BCUT2D eigenvalue weighted by Crippen LogP contribution is -2.48. The topological polar surface area (TPSA) is 39.9 Å². The zero-order chi connectivity index (χ0) is 8.60. The number of aromatic nitrogens is 3. The molecule has 0 spiro atoms. The Morgan fingerprint density at radius 2 is 2.50 bits per heavy atom. The van der Waals surface area contributed by atoms with Crippen molar-refractivity contribution in [2.75, 3.05) is 13.2 Å². The van der Waals surface area contributed by atoms with Gasteiger partial charge in [0, 0.05) is 6.20 Å². The van der Waals surface area contributed by atoms with Crippen LogP contribution < -0.4 is 0 Å². The van der Waals surface area contributed by atoms with E-state index in [-0.39, 0.29) is 19.8 Å². The highest BCUT2D eigenvalue weighted by Gasteiger charge is 2.39. The summed E-state index contributed by atoms with van der Waals surface area (Å²) in [6, 6.07) is 0. The van der Waals surface area contributed by atoms with Crippen LogP contribution in [0.3, 0.4) is 0 Å². The summed E-state index contributed by atoms with van der Waals surface area (Å²) in [5.74, 6) is 0. The zero-order valence-electron chi connectivity index (χ0n) is 6.83. The van der Waals surface area contributed by atoms with E-state index in [1.54, 1.807) is 6.20 Å². The smallest absolute Gasteiger partial charge is 0.176 e. The summed E-state index contributed by atoms with van der Waals surface area (Å²) in [6.45, 7) is 2.41. The van der Waals surface area contributed by atoms with Crippen LogP contribution in [0.2, 0.25) is 0 Å². The van der Waals surface area contributed by atoms with Gasteiger partial charge in [0.2, 0.25) is 0 Å². The Balaban J connectivity index is 2.03. The second-order valence-corrected chi connectivity index (χ2v) is 3.20. The highest BCUT2D eigenvalue weighted by Crippen LogP contribution is 2.23. The van der Waals surface area contributed by atoms with Crippen LogP contribution in [0.15, 0.2) is 6.20 Å². The first kappa shape index (κ1) is 7.67. The predicted molar refractivity (Wildman–Crippen MR) is 39.4 cm³/mol. The molecule has 0 radical (unpaired) electrons. The van der Waals surface area contributed by atoms with Crippen molar-refractivity contribution in [3.05, 3.63) is 11.9 Å². The van der Waals surface area contributed by atoms with Crippen molar-refractivity contribution in [3.63, 3.8) is 0 Å². The van der Waals surface area contributed by atoms with Crippen LogP contribution in [0, 0.1) is 6.92 Å². The third kappa shape index (κ3) is 1.32. The molecule has 1 aliphatic heterocycles. The van der Waals surface area contributed by atoms with Crippen LogP contribution in [-0.2, 0) is 11.3 Å². The highest BCUT2D eigenvalue weighted by molar-refractivity contribution is 4.91. The van der Waals surface area contributed by atoms with Crippen molar-refractivity contribution in [2.24, 2.45) is 0 Å². The molecule has 2 heterocycles. The van der Waals surface area contributed by atoms with Crippen molar-refractivity contribution < 1.29 is 9.13 Å². The highest BCUT2D eigenvalue weighted by atomic mass is 19.1. The van der Waals surface area contributed by atoms with E-state index < -0.39 is 5.67 Å². The molecule has 66 valence electrons. The van der Waals surface area contributed by atoms with Crippen LogP contribution in [0.5, 0.6) is 0 Å². The summed E-state index contributed by atoms with van der Waals surface area (Å²) in [5.41, 5.74) is -0.418. The Hall–Kier alpha value is -0.970. The fourth-order valence-electron chi connectivity index (χ4n) is 1.18. The predicted octanol–water partition coefficient (Wildman–Crippen LogP) is 0.325. The van der Waals surface area contributed by atoms with Gasteiger partial charge in [-0.15, -0.1) is 5.10 Å². The molecule has 0 saturated carbocycles. The number of rotatable bonds is 2. The lowest BCUT2D eigenvalue weighted by molar-refractivity contribution is -0.138. The summed E-state index contributed by atoms with van der Waals surface area (Å²) in [5, 5.41) is 7.52. The first-order valence-corrected chi connectivity index (χ1v) is 3.81. The van der Waals surface area contributed by atoms with E-state index in [2.05, 4.69) is 10.3 Å². The Morgan fingerprint density at radius 1 is 1.75 bits per heavy atom. The molecule has 1 fully saturated rings. The van der Waals surface area contributed by atoms with Gasteiger partial charge in [-0.2, -0.15) is 0 Å². The number of hydrogen-bond donors (Lipinski definition) is 0. The van der Waals surface area contributed by atoms with E-state index in [0.29, 0.717) is 0 Å². The quantitative estimate of drug-likeness (QED) is 0.643. The minimum atomic E-state index is -1.22. The van der Waals surface area contributed by atoms with E-state index in [1.807, 2.05) is 6.92 Å². The fraction of sp³-hybridized carbons (Fsp3) is 0.714. The molecule has 2 rings (SSSR count). The Kier molecular flexibility index (Phi) is 1.61. The molecule has 0 aromatic carbocycles. The van der Waals surface area contributed by atoms with Crippen molar-refractivity contribution >= 4 is 0 Å². The molecule has 0 unspecified atom stereocenters. The minimum absolute atomic E-state index is 0.173. The van der Waals surface area contributed by atoms with Gasteiger partial charge in [-0.25, -0.2) is 9.07 Å². The molecule has 5 heteroatoms. The summed E-state index contributed by atoms with van der Waals surface area (Å²) in [4.78, 5) is 0. The average Bonchev–Trinajstić information content (AvgIpc) is 2.32. The van der Waals surface area contributed by atoms with Gasteiger partial charge in [0.1, 0.15) is 0 Å². The molecule has 4 nitrogen and oxygen atoms in total. The molecule has 1 aromatic rings. The molecule has 0 aliphatic carbocycles.